The van der Waals surface area contributed by atoms with E-state index < -0.39 is 5.92 Å². The number of methoxy groups -OCH3 is 1. The van der Waals surface area contributed by atoms with Gasteiger partial charge in [-0.05, 0) is 31.8 Å². The zero-order valence-electron chi connectivity index (χ0n) is 15.8. The Morgan fingerprint density at radius 3 is 2.78 bits per heavy atom. The first-order valence-electron chi connectivity index (χ1n) is 9.85. The molecule has 146 valence electrons. The van der Waals surface area contributed by atoms with E-state index in [4.69, 9.17) is 19.5 Å². The first-order valence-corrected chi connectivity index (χ1v) is 10.9. The Balaban J connectivity index is 1.51. The molecule has 0 aromatic rings. The van der Waals surface area contributed by atoms with E-state index in [1.54, 1.807) is 7.11 Å². The number of carbonyl (C=O) groups is 1. The summed E-state index contributed by atoms with van der Waals surface area (Å²) < 4.78 is 10.9. The van der Waals surface area contributed by atoms with E-state index in [0.29, 0.717) is 22.8 Å². The number of hydrogen-bond acceptors (Lipinski definition) is 6. The molecule has 6 nitrogen and oxygen atoms in total. The molecule has 2 fully saturated rings. The van der Waals surface area contributed by atoms with Crippen LogP contribution < -0.4 is 5.32 Å². The van der Waals surface area contributed by atoms with Gasteiger partial charge in [0.05, 0.1) is 30.3 Å². The Morgan fingerprint density at radius 2 is 2.04 bits per heavy atom. The molecule has 2 aliphatic carbocycles. The fourth-order valence-electron chi connectivity index (χ4n) is 4.01. The van der Waals surface area contributed by atoms with Crippen molar-refractivity contribution < 1.29 is 14.3 Å². The van der Waals surface area contributed by atoms with Gasteiger partial charge in [-0.25, -0.2) is 4.99 Å². The molecule has 0 bridgehead atoms. The van der Waals surface area contributed by atoms with Crippen LogP contribution in [0.2, 0.25) is 0 Å². The number of allylic oxidation sites excluding steroid dienone is 2. The van der Waals surface area contributed by atoms with Crippen LogP contribution in [-0.4, -0.2) is 54.8 Å². The van der Waals surface area contributed by atoms with Crippen molar-refractivity contribution in [2.24, 2.45) is 15.9 Å². The van der Waals surface area contributed by atoms with E-state index in [1.165, 1.54) is 12.8 Å². The summed E-state index contributed by atoms with van der Waals surface area (Å²) in [7, 11) is 1.61. The number of amides is 1. The third kappa shape index (κ3) is 4.46. The Kier molecular flexibility index (Phi) is 5.98. The highest BCUT2D eigenvalue weighted by atomic mass is 32.2. The summed E-state index contributed by atoms with van der Waals surface area (Å²) in [6.45, 7) is 1.65. The van der Waals surface area contributed by atoms with Crippen molar-refractivity contribution in [3.05, 3.63) is 23.6 Å². The Bertz CT molecular complexity index is 701. The number of amidine groups is 1. The smallest absolute Gasteiger partial charge is 0.242 e. The van der Waals surface area contributed by atoms with Gasteiger partial charge in [-0.15, -0.1) is 0 Å². The number of fused-ring (bicyclic) bond motifs is 1. The summed E-state index contributed by atoms with van der Waals surface area (Å²) in [5.74, 6) is 1.54. The Labute approximate surface area is 164 Å². The molecular formula is C20H27N3O3S. The van der Waals surface area contributed by atoms with Gasteiger partial charge in [0.2, 0.25) is 5.91 Å². The third-order valence-corrected chi connectivity index (χ3v) is 6.86. The average Bonchev–Trinajstić information content (AvgIpc) is 3.19. The number of nitrogens with one attached hydrogen (secondary N) is 1. The number of aliphatic imine (C=N–C) groups is 2. The maximum atomic E-state index is 12.7. The van der Waals surface area contributed by atoms with E-state index in [2.05, 4.69) is 5.32 Å². The molecule has 0 radical (unpaired) electrons. The number of carbonyl (C=O) groups excluding carboxylic acids is 1. The summed E-state index contributed by atoms with van der Waals surface area (Å²) in [6.07, 6.45) is 10.8. The zero-order chi connectivity index (χ0) is 18.6. The number of thioether (sulfide) groups is 1. The van der Waals surface area contributed by atoms with Crippen LogP contribution in [0, 0.1) is 5.92 Å². The first kappa shape index (κ1) is 18.7. The van der Waals surface area contributed by atoms with Gasteiger partial charge >= 0.3 is 0 Å². The first-order chi connectivity index (χ1) is 13.2. The molecule has 4 rings (SSSR count). The molecule has 1 N–H and O–H groups in total. The second-order valence-electron chi connectivity index (χ2n) is 7.42. The molecule has 1 amide bonds. The van der Waals surface area contributed by atoms with Crippen molar-refractivity contribution in [3.8, 4) is 0 Å². The second-order valence-corrected chi connectivity index (χ2v) is 8.70. The highest BCUT2D eigenvalue weighted by Gasteiger charge is 2.36. The van der Waals surface area contributed by atoms with Crippen LogP contribution in [0.15, 0.2) is 33.6 Å². The monoisotopic (exact) mass is 389 g/mol. The Hall–Kier alpha value is -1.60. The summed E-state index contributed by atoms with van der Waals surface area (Å²) in [5.41, 5.74) is 1.62. The lowest BCUT2D eigenvalue weighted by Crippen LogP contribution is -2.43. The number of nitrogens with zero attached hydrogens (tertiary/aromatic N) is 2. The van der Waals surface area contributed by atoms with Crippen molar-refractivity contribution in [2.75, 3.05) is 26.1 Å². The minimum Gasteiger partial charge on any atom is -0.500 e. The summed E-state index contributed by atoms with van der Waals surface area (Å²) in [6, 6.07) is 0.382. The quantitative estimate of drug-likeness (QED) is 0.785. The number of hydrogen-bond donors (Lipinski definition) is 1. The van der Waals surface area contributed by atoms with E-state index in [1.807, 2.05) is 23.9 Å². The van der Waals surface area contributed by atoms with Crippen molar-refractivity contribution in [3.63, 3.8) is 0 Å². The van der Waals surface area contributed by atoms with Crippen LogP contribution >= 0.6 is 11.8 Å². The molecule has 1 saturated heterocycles. The molecule has 2 heterocycles. The number of ether oxygens (including phenoxy) is 2. The van der Waals surface area contributed by atoms with Gasteiger partial charge in [-0.3, -0.25) is 9.79 Å². The SMILES string of the molecule is COC1=CC(=NC2CCCC2)C=C2N=C(CSC3CCOCC3)NC(=O)C21. The lowest BCUT2D eigenvalue weighted by Gasteiger charge is -2.28. The van der Waals surface area contributed by atoms with E-state index >= 15 is 0 Å². The fraction of sp³-hybridized carbons (Fsp3) is 0.650. The zero-order valence-corrected chi connectivity index (χ0v) is 16.6. The van der Waals surface area contributed by atoms with Crippen LogP contribution in [0.4, 0.5) is 0 Å². The van der Waals surface area contributed by atoms with E-state index in [-0.39, 0.29) is 5.91 Å². The topological polar surface area (TPSA) is 72.3 Å². The van der Waals surface area contributed by atoms with Crippen LogP contribution in [0.1, 0.15) is 38.5 Å². The predicted octanol–water partition coefficient (Wildman–Crippen LogP) is 2.85. The summed E-state index contributed by atoms with van der Waals surface area (Å²) >= 11 is 1.85. The highest BCUT2D eigenvalue weighted by molar-refractivity contribution is 8.00. The van der Waals surface area contributed by atoms with Gasteiger partial charge in [0.15, 0.2) is 0 Å². The normalized spacial score (nSPS) is 28.3. The molecule has 2 aliphatic heterocycles. The summed E-state index contributed by atoms with van der Waals surface area (Å²) in [4.78, 5) is 22.3. The molecule has 1 saturated carbocycles. The fourth-order valence-corrected chi connectivity index (χ4v) is 5.07. The van der Waals surface area contributed by atoms with Crippen LogP contribution in [0.3, 0.4) is 0 Å². The van der Waals surface area contributed by atoms with Crippen LogP contribution in [0.5, 0.6) is 0 Å². The maximum Gasteiger partial charge on any atom is 0.242 e. The lowest BCUT2D eigenvalue weighted by atomic mass is 9.93. The van der Waals surface area contributed by atoms with Gasteiger partial charge in [-0.1, -0.05) is 12.8 Å². The summed E-state index contributed by atoms with van der Waals surface area (Å²) in [5, 5.41) is 3.54. The molecule has 0 aromatic carbocycles. The van der Waals surface area contributed by atoms with Crippen molar-refractivity contribution in [1.82, 2.24) is 5.32 Å². The van der Waals surface area contributed by atoms with Crippen molar-refractivity contribution in [1.29, 1.82) is 0 Å². The predicted molar refractivity (Wildman–Crippen MR) is 108 cm³/mol. The third-order valence-electron chi connectivity index (χ3n) is 5.48. The van der Waals surface area contributed by atoms with Crippen LogP contribution in [-0.2, 0) is 14.3 Å². The molecule has 4 aliphatic rings. The molecule has 7 heteroatoms. The minimum absolute atomic E-state index is 0.0631. The van der Waals surface area contributed by atoms with Gasteiger partial charge < -0.3 is 14.8 Å². The van der Waals surface area contributed by atoms with Gasteiger partial charge in [0, 0.05) is 24.5 Å². The van der Waals surface area contributed by atoms with Crippen molar-refractivity contribution >= 4 is 29.2 Å². The highest BCUT2D eigenvalue weighted by Crippen LogP contribution is 2.31. The molecular weight excluding hydrogens is 362 g/mol. The molecule has 1 atom stereocenters. The maximum absolute atomic E-state index is 12.7. The molecule has 27 heavy (non-hydrogen) atoms. The Morgan fingerprint density at radius 1 is 1.26 bits per heavy atom. The standard InChI is InChI=1S/C20H27N3O3S/c1-25-17-11-14(21-13-4-2-3-5-13)10-16-19(17)20(24)23-18(22-16)12-27-15-6-8-26-9-7-15/h10-11,13,15,19H,2-9,12H2,1H3,(H,22,23,24). The van der Waals surface area contributed by atoms with Crippen LogP contribution in [0.25, 0.3) is 0 Å². The molecule has 0 aromatic heterocycles. The second kappa shape index (κ2) is 8.61. The van der Waals surface area contributed by atoms with Gasteiger partial charge in [-0.2, -0.15) is 11.8 Å². The molecule has 0 spiro atoms. The van der Waals surface area contributed by atoms with E-state index in [9.17, 15) is 4.79 Å². The van der Waals surface area contributed by atoms with Gasteiger partial charge in [0.1, 0.15) is 17.5 Å². The average molecular weight is 390 g/mol. The minimum atomic E-state index is -0.464. The largest absolute Gasteiger partial charge is 0.500 e. The lowest BCUT2D eigenvalue weighted by molar-refractivity contribution is -0.122. The van der Waals surface area contributed by atoms with Gasteiger partial charge in [0.25, 0.3) is 0 Å². The molecule has 1 unspecified atom stereocenters. The van der Waals surface area contributed by atoms with Crippen molar-refractivity contribution in [2.45, 2.75) is 49.8 Å². The van der Waals surface area contributed by atoms with E-state index in [0.717, 1.165) is 56.1 Å². The number of rotatable bonds is 5.